The summed E-state index contributed by atoms with van der Waals surface area (Å²) in [6, 6.07) is 0. The molecule has 0 aliphatic carbocycles. The normalized spacial score (nSPS) is 12.7. The van der Waals surface area contributed by atoms with E-state index in [1.807, 2.05) is 0 Å². The minimum Gasteiger partial charge on any atom is -0.373 e. The lowest BCUT2D eigenvalue weighted by molar-refractivity contribution is 0.190. The van der Waals surface area contributed by atoms with Crippen LogP contribution in [0.1, 0.15) is 12.8 Å². The smallest absolute Gasteiger partial charge is 0.102 e. The van der Waals surface area contributed by atoms with Gasteiger partial charge in [-0.2, -0.15) is 0 Å². The van der Waals surface area contributed by atoms with Crippen molar-refractivity contribution < 1.29 is 13.5 Å². The van der Waals surface area contributed by atoms with Gasteiger partial charge in [0.05, 0.1) is 13.2 Å². The van der Waals surface area contributed by atoms with Crippen LogP contribution in [0.15, 0.2) is 49.1 Å². The van der Waals surface area contributed by atoms with Gasteiger partial charge in [0.2, 0.25) is 0 Å². The van der Waals surface area contributed by atoms with Crippen molar-refractivity contribution in [1.82, 2.24) is 0 Å². The van der Waals surface area contributed by atoms with E-state index >= 15 is 0 Å². The summed E-state index contributed by atoms with van der Waals surface area (Å²) in [5.41, 5.74) is 0. The maximum atomic E-state index is 12.7. The Labute approximate surface area is 89.4 Å². The second-order valence-electron chi connectivity index (χ2n) is 2.83. The standard InChI is InChI=1S/C12H16F2O/c1-3-5-11(13)7-9-15-10-8-12(14)6-4-2/h3-4,7-8H,1-2,5-6,9-10H2. The van der Waals surface area contributed by atoms with Gasteiger partial charge in [0.15, 0.2) is 0 Å². The molecule has 0 saturated carbocycles. The predicted octanol–water partition coefficient (Wildman–Crippen LogP) is 3.86. The van der Waals surface area contributed by atoms with Gasteiger partial charge >= 0.3 is 0 Å². The minimum atomic E-state index is -0.291. The average molecular weight is 214 g/mol. The molecule has 0 saturated heterocycles. The molecule has 3 heteroatoms. The molecule has 0 aromatic rings. The number of hydrogen-bond donors (Lipinski definition) is 0. The molecule has 0 aromatic heterocycles. The van der Waals surface area contributed by atoms with Gasteiger partial charge in [-0.05, 0) is 12.2 Å². The van der Waals surface area contributed by atoms with Crippen molar-refractivity contribution in [2.45, 2.75) is 12.8 Å². The summed E-state index contributed by atoms with van der Waals surface area (Å²) in [5, 5.41) is 0. The number of allylic oxidation sites excluding steroid dienone is 4. The molecule has 0 heterocycles. The molecule has 0 bridgehead atoms. The van der Waals surface area contributed by atoms with Gasteiger partial charge < -0.3 is 4.74 Å². The molecular formula is C12H16F2O. The van der Waals surface area contributed by atoms with E-state index in [9.17, 15) is 8.78 Å². The van der Waals surface area contributed by atoms with Crippen molar-refractivity contribution in [1.29, 1.82) is 0 Å². The zero-order chi connectivity index (χ0) is 11.5. The lowest BCUT2D eigenvalue weighted by atomic mass is 10.3. The molecule has 0 N–H and O–H groups in total. The molecule has 0 aromatic carbocycles. The number of ether oxygens (including phenoxy) is 1. The molecular weight excluding hydrogens is 198 g/mol. The number of rotatable bonds is 8. The van der Waals surface area contributed by atoms with E-state index in [4.69, 9.17) is 4.74 Å². The van der Waals surface area contributed by atoms with Crippen LogP contribution in [-0.2, 0) is 4.74 Å². The van der Waals surface area contributed by atoms with Gasteiger partial charge in [0, 0.05) is 12.8 Å². The van der Waals surface area contributed by atoms with E-state index in [-0.39, 0.29) is 37.7 Å². The molecule has 0 aliphatic rings. The van der Waals surface area contributed by atoms with Gasteiger partial charge in [0.1, 0.15) is 11.7 Å². The Hall–Kier alpha value is -1.22. The second-order valence-corrected chi connectivity index (χ2v) is 2.83. The first-order valence-electron chi connectivity index (χ1n) is 4.69. The molecule has 0 spiro atoms. The molecule has 0 aliphatic heterocycles. The highest BCUT2D eigenvalue weighted by atomic mass is 19.1. The molecule has 0 rings (SSSR count). The van der Waals surface area contributed by atoms with E-state index in [1.165, 1.54) is 24.3 Å². The first-order valence-corrected chi connectivity index (χ1v) is 4.69. The third kappa shape index (κ3) is 9.09. The summed E-state index contributed by atoms with van der Waals surface area (Å²) < 4.78 is 30.4. The van der Waals surface area contributed by atoms with Crippen molar-refractivity contribution in [3.05, 3.63) is 49.1 Å². The van der Waals surface area contributed by atoms with Crippen LogP contribution in [0.3, 0.4) is 0 Å². The SMILES string of the molecule is C=CCC(F)=CCOCC=C(F)CC=C. The van der Waals surface area contributed by atoms with Crippen molar-refractivity contribution >= 4 is 0 Å². The first kappa shape index (κ1) is 13.8. The quantitative estimate of drug-likeness (QED) is 0.440. The van der Waals surface area contributed by atoms with Crippen LogP contribution in [0.4, 0.5) is 8.78 Å². The van der Waals surface area contributed by atoms with Crippen LogP contribution < -0.4 is 0 Å². The van der Waals surface area contributed by atoms with Gasteiger partial charge in [-0.15, -0.1) is 13.2 Å². The van der Waals surface area contributed by atoms with E-state index in [0.717, 1.165) is 0 Å². The molecule has 0 unspecified atom stereocenters. The third-order valence-corrected chi connectivity index (χ3v) is 1.52. The van der Waals surface area contributed by atoms with Crippen LogP contribution in [0.25, 0.3) is 0 Å². The fraction of sp³-hybridized carbons (Fsp3) is 0.333. The van der Waals surface area contributed by atoms with E-state index in [0.29, 0.717) is 0 Å². The van der Waals surface area contributed by atoms with Crippen molar-refractivity contribution in [3.8, 4) is 0 Å². The Kier molecular flexibility index (Phi) is 8.58. The molecule has 84 valence electrons. The van der Waals surface area contributed by atoms with Gasteiger partial charge in [-0.3, -0.25) is 0 Å². The second kappa shape index (κ2) is 9.34. The molecule has 1 nitrogen and oxygen atoms in total. The highest BCUT2D eigenvalue weighted by Crippen LogP contribution is 2.04. The zero-order valence-electron chi connectivity index (χ0n) is 8.72. The summed E-state index contributed by atoms with van der Waals surface area (Å²) in [4.78, 5) is 0. The van der Waals surface area contributed by atoms with Crippen molar-refractivity contribution in [3.63, 3.8) is 0 Å². The zero-order valence-corrected chi connectivity index (χ0v) is 8.72. The third-order valence-electron chi connectivity index (χ3n) is 1.52. The Balaban J connectivity index is 3.62. The Morgan fingerprint density at radius 3 is 1.67 bits per heavy atom. The largest absolute Gasteiger partial charge is 0.373 e. The van der Waals surface area contributed by atoms with Gasteiger partial charge in [0.25, 0.3) is 0 Å². The summed E-state index contributed by atoms with van der Waals surface area (Å²) in [6.07, 6.45) is 5.95. The molecule has 0 radical (unpaired) electrons. The highest BCUT2D eigenvalue weighted by molar-refractivity contribution is 4.98. The predicted molar refractivity (Wildman–Crippen MR) is 58.8 cm³/mol. The van der Waals surface area contributed by atoms with Crippen LogP contribution in [0.2, 0.25) is 0 Å². The molecule has 0 fully saturated rings. The average Bonchev–Trinajstić information content (AvgIpc) is 2.18. The van der Waals surface area contributed by atoms with Gasteiger partial charge in [-0.1, -0.05) is 12.2 Å². The summed E-state index contributed by atoms with van der Waals surface area (Å²) in [5.74, 6) is -0.582. The fourth-order valence-electron chi connectivity index (χ4n) is 0.809. The van der Waals surface area contributed by atoms with Crippen LogP contribution in [0, 0.1) is 0 Å². The molecule has 0 amide bonds. The number of halogens is 2. The molecule has 15 heavy (non-hydrogen) atoms. The van der Waals surface area contributed by atoms with Crippen LogP contribution in [-0.4, -0.2) is 13.2 Å². The fourth-order valence-corrected chi connectivity index (χ4v) is 0.809. The summed E-state index contributed by atoms with van der Waals surface area (Å²) in [6.45, 7) is 7.07. The van der Waals surface area contributed by atoms with Crippen LogP contribution in [0.5, 0.6) is 0 Å². The Morgan fingerprint density at radius 2 is 1.33 bits per heavy atom. The van der Waals surface area contributed by atoms with E-state index in [1.54, 1.807) is 0 Å². The van der Waals surface area contributed by atoms with Crippen molar-refractivity contribution in [2.75, 3.05) is 13.2 Å². The maximum absolute atomic E-state index is 12.7. The number of hydrogen-bond acceptors (Lipinski definition) is 1. The van der Waals surface area contributed by atoms with Gasteiger partial charge in [-0.25, -0.2) is 8.78 Å². The monoisotopic (exact) mass is 214 g/mol. The van der Waals surface area contributed by atoms with E-state index < -0.39 is 0 Å². The first-order chi connectivity index (χ1) is 7.20. The lowest BCUT2D eigenvalue weighted by Gasteiger charge is -1.96. The van der Waals surface area contributed by atoms with Crippen molar-refractivity contribution in [2.24, 2.45) is 0 Å². The minimum absolute atomic E-state index is 0.136. The molecule has 0 atom stereocenters. The Morgan fingerprint density at radius 1 is 0.933 bits per heavy atom. The lowest BCUT2D eigenvalue weighted by Crippen LogP contribution is -1.92. The topological polar surface area (TPSA) is 9.23 Å². The summed E-state index contributed by atoms with van der Waals surface area (Å²) in [7, 11) is 0. The summed E-state index contributed by atoms with van der Waals surface area (Å²) >= 11 is 0. The maximum Gasteiger partial charge on any atom is 0.102 e. The highest BCUT2D eigenvalue weighted by Gasteiger charge is 1.91. The van der Waals surface area contributed by atoms with Crippen LogP contribution >= 0.6 is 0 Å². The Bertz CT molecular complexity index is 228. The van der Waals surface area contributed by atoms with E-state index in [2.05, 4.69) is 13.2 Å².